The predicted molar refractivity (Wildman–Crippen MR) is 70.2 cm³/mol. The molecule has 2 N–H and O–H groups in total. The highest BCUT2D eigenvalue weighted by atomic mass is 32.2. The lowest BCUT2D eigenvalue weighted by atomic mass is 10.1. The van der Waals surface area contributed by atoms with Crippen molar-refractivity contribution >= 4 is 10.0 Å². The van der Waals surface area contributed by atoms with Crippen molar-refractivity contribution in [3.63, 3.8) is 0 Å². The Labute approximate surface area is 112 Å². The summed E-state index contributed by atoms with van der Waals surface area (Å²) in [7, 11) is -3.17. The molecule has 1 unspecified atom stereocenters. The zero-order valence-corrected chi connectivity index (χ0v) is 11.7. The summed E-state index contributed by atoms with van der Waals surface area (Å²) in [5, 5.41) is 3.07. The largest absolute Gasteiger partial charge is 0.310 e. The molecule has 0 saturated carbocycles. The smallest absolute Gasteiger partial charge is 0.208 e. The molecule has 0 heterocycles. The van der Waals surface area contributed by atoms with Gasteiger partial charge < -0.3 is 5.32 Å². The Morgan fingerprint density at radius 1 is 1.16 bits per heavy atom. The van der Waals surface area contributed by atoms with Gasteiger partial charge in [-0.05, 0) is 37.6 Å². The highest BCUT2D eigenvalue weighted by Crippen LogP contribution is 2.15. The molecule has 7 heteroatoms. The first kappa shape index (κ1) is 16.0. The first-order chi connectivity index (χ1) is 8.78. The van der Waals surface area contributed by atoms with Crippen molar-refractivity contribution in [2.45, 2.75) is 19.4 Å². The number of hydrogen-bond acceptors (Lipinski definition) is 3. The zero-order valence-electron chi connectivity index (χ0n) is 10.9. The van der Waals surface area contributed by atoms with Crippen LogP contribution in [0.4, 0.5) is 8.78 Å². The summed E-state index contributed by atoms with van der Waals surface area (Å²) < 4.78 is 50.0. The van der Waals surface area contributed by atoms with E-state index in [1.54, 1.807) is 6.92 Å². The van der Waals surface area contributed by atoms with Crippen LogP contribution in [0.3, 0.4) is 0 Å². The molecule has 0 aliphatic carbocycles. The monoisotopic (exact) mass is 292 g/mol. The Bertz CT molecular complexity index is 500. The van der Waals surface area contributed by atoms with Gasteiger partial charge in [-0.15, -0.1) is 0 Å². The topological polar surface area (TPSA) is 58.2 Å². The van der Waals surface area contributed by atoms with Crippen molar-refractivity contribution in [1.82, 2.24) is 10.0 Å². The van der Waals surface area contributed by atoms with Gasteiger partial charge in [-0.3, -0.25) is 0 Å². The van der Waals surface area contributed by atoms with Crippen LogP contribution in [0.25, 0.3) is 0 Å². The summed E-state index contributed by atoms with van der Waals surface area (Å²) in [4.78, 5) is 0. The minimum atomic E-state index is -3.17. The maximum atomic E-state index is 13.0. The fourth-order valence-electron chi connectivity index (χ4n) is 1.61. The van der Waals surface area contributed by atoms with Gasteiger partial charge in [0.1, 0.15) is 11.6 Å². The molecule has 19 heavy (non-hydrogen) atoms. The molecule has 0 aliphatic heterocycles. The minimum absolute atomic E-state index is 0.205. The Morgan fingerprint density at radius 3 is 2.26 bits per heavy atom. The van der Waals surface area contributed by atoms with Crippen LogP contribution in [0.2, 0.25) is 0 Å². The standard InChI is InChI=1S/C12H18F2N2O2S/c1-9(10-6-11(13)8-12(14)7-10)15-4-3-5-16-19(2,17)18/h6-9,15-16H,3-5H2,1-2H3. The average Bonchev–Trinajstić information content (AvgIpc) is 2.25. The number of hydrogen-bond donors (Lipinski definition) is 2. The normalized spacial score (nSPS) is 13.5. The summed E-state index contributed by atoms with van der Waals surface area (Å²) in [6.07, 6.45) is 1.69. The van der Waals surface area contributed by atoms with E-state index in [-0.39, 0.29) is 6.04 Å². The summed E-state index contributed by atoms with van der Waals surface area (Å²) in [6.45, 7) is 2.66. The van der Waals surface area contributed by atoms with E-state index in [0.29, 0.717) is 25.1 Å². The SMILES string of the molecule is CC(NCCCNS(C)(=O)=O)c1cc(F)cc(F)c1. The quantitative estimate of drug-likeness (QED) is 0.750. The maximum Gasteiger partial charge on any atom is 0.208 e. The molecule has 0 amide bonds. The number of nitrogens with one attached hydrogen (secondary N) is 2. The van der Waals surface area contributed by atoms with E-state index < -0.39 is 21.7 Å². The highest BCUT2D eigenvalue weighted by molar-refractivity contribution is 7.88. The van der Waals surface area contributed by atoms with Gasteiger partial charge in [0.2, 0.25) is 10.0 Å². The van der Waals surface area contributed by atoms with Gasteiger partial charge in [-0.1, -0.05) is 0 Å². The molecule has 4 nitrogen and oxygen atoms in total. The Kier molecular flexibility index (Phi) is 5.84. The van der Waals surface area contributed by atoms with Gasteiger partial charge in [-0.2, -0.15) is 0 Å². The number of sulfonamides is 1. The summed E-state index contributed by atoms with van der Waals surface area (Å²) in [5.74, 6) is -1.22. The van der Waals surface area contributed by atoms with E-state index in [4.69, 9.17) is 0 Å². The Hall–Kier alpha value is -1.05. The summed E-state index contributed by atoms with van der Waals surface area (Å²) >= 11 is 0. The van der Waals surface area contributed by atoms with Gasteiger partial charge in [0, 0.05) is 18.7 Å². The lowest BCUT2D eigenvalue weighted by molar-refractivity contribution is 0.533. The van der Waals surface area contributed by atoms with E-state index in [9.17, 15) is 17.2 Å². The molecule has 0 radical (unpaired) electrons. The molecule has 1 aromatic rings. The summed E-state index contributed by atoms with van der Waals surface area (Å²) in [5.41, 5.74) is 0.522. The van der Waals surface area contributed by atoms with Crippen LogP contribution in [0.5, 0.6) is 0 Å². The van der Waals surface area contributed by atoms with Crippen LogP contribution < -0.4 is 10.0 Å². The third-order valence-corrected chi connectivity index (χ3v) is 3.28. The predicted octanol–water partition coefficient (Wildman–Crippen LogP) is 1.55. The van der Waals surface area contributed by atoms with Gasteiger partial charge in [-0.25, -0.2) is 21.9 Å². The van der Waals surface area contributed by atoms with Crippen molar-refractivity contribution in [3.05, 3.63) is 35.4 Å². The number of halogens is 2. The molecule has 0 saturated heterocycles. The van der Waals surface area contributed by atoms with E-state index in [2.05, 4.69) is 10.0 Å². The van der Waals surface area contributed by atoms with Crippen LogP contribution >= 0.6 is 0 Å². The number of rotatable bonds is 7. The molecule has 108 valence electrons. The maximum absolute atomic E-state index is 13.0. The van der Waals surface area contributed by atoms with Crippen molar-refractivity contribution in [3.8, 4) is 0 Å². The van der Waals surface area contributed by atoms with E-state index in [1.165, 1.54) is 12.1 Å². The van der Waals surface area contributed by atoms with Crippen LogP contribution in [0.15, 0.2) is 18.2 Å². The van der Waals surface area contributed by atoms with Crippen LogP contribution in [-0.2, 0) is 10.0 Å². The van der Waals surface area contributed by atoms with E-state index in [1.807, 2.05) is 0 Å². The Morgan fingerprint density at radius 2 is 1.74 bits per heavy atom. The molecule has 1 rings (SSSR count). The van der Waals surface area contributed by atoms with Crippen LogP contribution in [0, 0.1) is 11.6 Å². The van der Waals surface area contributed by atoms with Crippen molar-refractivity contribution in [2.24, 2.45) is 0 Å². The second kappa shape index (κ2) is 6.93. The van der Waals surface area contributed by atoms with Crippen molar-refractivity contribution < 1.29 is 17.2 Å². The lowest BCUT2D eigenvalue weighted by Gasteiger charge is -2.14. The Balaban J connectivity index is 2.37. The van der Waals surface area contributed by atoms with Gasteiger partial charge >= 0.3 is 0 Å². The van der Waals surface area contributed by atoms with E-state index in [0.717, 1.165) is 12.3 Å². The molecule has 0 aliphatic rings. The van der Waals surface area contributed by atoms with Crippen LogP contribution in [0.1, 0.15) is 24.9 Å². The molecule has 0 aromatic heterocycles. The molecule has 1 aromatic carbocycles. The van der Waals surface area contributed by atoms with Crippen molar-refractivity contribution in [1.29, 1.82) is 0 Å². The molecule has 0 spiro atoms. The third-order valence-electron chi connectivity index (χ3n) is 2.55. The second-order valence-electron chi connectivity index (χ2n) is 4.40. The zero-order chi connectivity index (χ0) is 14.5. The molecular formula is C12H18F2N2O2S. The lowest BCUT2D eigenvalue weighted by Crippen LogP contribution is -2.27. The van der Waals surface area contributed by atoms with Gasteiger partial charge in [0.15, 0.2) is 0 Å². The van der Waals surface area contributed by atoms with Gasteiger partial charge in [0.05, 0.1) is 6.26 Å². The first-order valence-corrected chi connectivity index (χ1v) is 7.81. The molecule has 0 fully saturated rings. The fraction of sp³-hybridized carbons (Fsp3) is 0.500. The number of benzene rings is 1. The molecule has 0 bridgehead atoms. The highest BCUT2D eigenvalue weighted by Gasteiger charge is 2.08. The van der Waals surface area contributed by atoms with Crippen LogP contribution in [-0.4, -0.2) is 27.8 Å². The summed E-state index contributed by atoms with van der Waals surface area (Å²) in [6, 6.07) is 3.17. The van der Waals surface area contributed by atoms with Gasteiger partial charge in [0.25, 0.3) is 0 Å². The fourth-order valence-corrected chi connectivity index (χ4v) is 2.12. The first-order valence-electron chi connectivity index (χ1n) is 5.92. The minimum Gasteiger partial charge on any atom is -0.310 e. The molecular weight excluding hydrogens is 274 g/mol. The van der Waals surface area contributed by atoms with E-state index >= 15 is 0 Å². The average molecular weight is 292 g/mol. The third kappa shape index (κ3) is 6.60. The molecule has 1 atom stereocenters. The van der Waals surface area contributed by atoms with Crippen molar-refractivity contribution in [2.75, 3.05) is 19.3 Å². The second-order valence-corrected chi connectivity index (χ2v) is 6.23.